The molecule has 0 aliphatic heterocycles. The molecule has 0 radical (unpaired) electrons. The number of nitrogens with one attached hydrogen (secondary N) is 1. The molecule has 6 nitrogen and oxygen atoms in total. The number of benzene rings is 2. The second-order valence-electron chi connectivity index (χ2n) is 5.37. The maximum atomic E-state index is 12.4. The summed E-state index contributed by atoms with van der Waals surface area (Å²) in [5.41, 5.74) is 0.0149. The van der Waals surface area contributed by atoms with E-state index in [-0.39, 0.29) is 22.2 Å². The van der Waals surface area contributed by atoms with E-state index in [1.54, 1.807) is 0 Å². The fourth-order valence-corrected chi connectivity index (χ4v) is 2.47. The number of hydrogen-bond acceptors (Lipinski definition) is 5. The summed E-state index contributed by atoms with van der Waals surface area (Å²) in [6, 6.07) is 10.1. The maximum absolute atomic E-state index is 12.4. The molecule has 0 heterocycles. The number of carbonyl (C=O) groups excluding carboxylic acids is 2. The van der Waals surface area contributed by atoms with Crippen molar-refractivity contribution in [1.82, 2.24) is 0 Å². The largest absolute Gasteiger partial charge is 0.477 e. The molecule has 1 atom stereocenters. The molecule has 0 aliphatic carbocycles. The van der Waals surface area contributed by atoms with Crippen molar-refractivity contribution in [3.05, 3.63) is 52.5 Å². The van der Waals surface area contributed by atoms with Gasteiger partial charge < -0.3 is 19.5 Å². The maximum Gasteiger partial charge on any atom is 0.387 e. The highest BCUT2D eigenvalue weighted by Crippen LogP contribution is 2.28. The molecule has 10 heteroatoms. The molecule has 0 fully saturated rings. The zero-order chi connectivity index (χ0) is 20.7. The van der Waals surface area contributed by atoms with Crippen LogP contribution in [0.2, 0.25) is 10.0 Å². The number of anilines is 1. The Hall–Kier alpha value is -2.58. The number of halogens is 4. The highest BCUT2D eigenvalue weighted by atomic mass is 35.5. The van der Waals surface area contributed by atoms with Gasteiger partial charge in [0.05, 0.1) is 10.7 Å². The number of ether oxygens (including phenoxy) is 3. The van der Waals surface area contributed by atoms with Gasteiger partial charge in [-0.05, 0) is 37.3 Å². The van der Waals surface area contributed by atoms with Gasteiger partial charge in [-0.25, -0.2) is 4.79 Å². The smallest absolute Gasteiger partial charge is 0.387 e. The summed E-state index contributed by atoms with van der Waals surface area (Å²) in [4.78, 5) is 23.9. The average Bonchev–Trinajstić information content (AvgIpc) is 2.63. The van der Waals surface area contributed by atoms with Crippen LogP contribution in [0, 0.1) is 0 Å². The number of hydrogen-bond donors (Lipinski definition) is 1. The first-order valence-electron chi connectivity index (χ1n) is 7.88. The van der Waals surface area contributed by atoms with Crippen molar-refractivity contribution in [2.45, 2.75) is 19.6 Å². The molecule has 0 saturated carbocycles. The molecule has 2 aromatic rings. The second-order valence-corrected chi connectivity index (χ2v) is 6.21. The summed E-state index contributed by atoms with van der Waals surface area (Å²) in [6.45, 7) is -2.28. The minimum absolute atomic E-state index is 0.0149. The Kier molecular flexibility index (Phi) is 7.83. The van der Waals surface area contributed by atoms with Gasteiger partial charge in [0.15, 0.2) is 12.7 Å². The van der Waals surface area contributed by atoms with Crippen LogP contribution in [-0.4, -0.2) is 31.2 Å². The monoisotopic (exact) mass is 433 g/mol. The van der Waals surface area contributed by atoms with Gasteiger partial charge in [0.2, 0.25) is 0 Å². The van der Waals surface area contributed by atoms with Crippen molar-refractivity contribution in [1.29, 1.82) is 0 Å². The van der Waals surface area contributed by atoms with Gasteiger partial charge in [0.25, 0.3) is 5.91 Å². The quantitative estimate of drug-likeness (QED) is 0.618. The molecular formula is C18H15Cl2F2NO5. The van der Waals surface area contributed by atoms with Crippen molar-refractivity contribution in [3.63, 3.8) is 0 Å². The first kappa shape index (κ1) is 21.7. The van der Waals surface area contributed by atoms with Gasteiger partial charge in [-0.1, -0.05) is 35.3 Å². The summed E-state index contributed by atoms with van der Waals surface area (Å²) in [6.07, 6.45) is -1.05. The fourth-order valence-electron chi connectivity index (χ4n) is 2.02. The van der Waals surface area contributed by atoms with Crippen LogP contribution in [0.4, 0.5) is 14.5 Å². The van der Waals surface area contributed by atoms with E-state index in [0.29, 0.717) is 5.02 Å². The summed E-state index contributed by atoms with van der Waals surface area (Å²) in [5, 5.41) is 2.94. The molecule has 0 spiro atoms. The summed E-state index contributed by atoms with van der Waals surface area (Å²) >= 11 is 11.7. The Morgan fingerprint density at radius 3 is 2.46 bits per heavy atom. The van der Waals surface area contributed by atoms with E-state index in [1.807, 2.05) is 0 Å². The van der Waals surface area contributed by atoms with E-state index in [9.17, 15) is 18.4 Å². The molecule has 1 unspecified atom stereocenters. The number of rotatable bonds is 8. The lowest BCUT2D eigenvalue weighted by molar-refractivity contribution is -0.153. The third-order valence-electron chi connectivity index (χ3n) is 3.25. The Bertz CT molecular complexity index is 850. The van der Waals surface area contributed by atoms with E-state index in [2.05, 4.69) is 10.1 Å². The van der Waals surface area contributed by atoms with E-state index in [4.69, 9.17) is 32.7 Å². The van der Waals surface area contributed by atoms with Crippen LogP contribution < -0.4 is 14.8 Å². The SMILES string of the molecule is CC(Oc1ccc(Cl)cc1Cl)C(=O)OCC(=O)Nc1ccccc1OC(F)F. The molecule has 1 amide bonds. The third-order valence-corrected chi connectivity index (χ3v) is 3.78. The van der Waals surface area contributed by atoms with Crippen LogP contribution in [0.5, 0.6) is 11.5 Å². The molecule has 2 aromatic carbocycles. The molecule has 1 N–H and O–H groups in total. The van der Waals surface area contributed by atoms with Gasteiger partial charge >= 0.3 is 12.6 Å². The second kappa shape index (κ2) is 10.1. The number of carbonyl (C=O) groups is 2. The number of alkyl halides is 2. The van der Waals surface area contributed by atoms with Gasteiger partial charge in [-0.2, -0.15) is 8.78 Å². The Morgan fingerprint density at radius 2 is 1.79 bits per heavy atom. The first-order valence-corrected chi connectivity index (χ1v) is 8.64. The fraction of sp³-hybridized carbons (Fsp3) is 0.222. The van der Waals surface area contributed by atoms with Crippen LogP contribution >= 0.6 is 23.2 Å². The van der Waals surface area contributed by atoms with E-state index >= 15 is 0 Å². The van der Waals surface area contributed by atoms with Crippen molar-refractivity contribution in [2.75, 3.05) is 11.9 Å². The standard InChI is InChI=1S/C18H15Cl2F2NO5/c1-10(27-14-7-6-11(19)8-12(14)20)17(25)26-9-16(24)23-13-4-2-3-5-15(13)28-18(21)22/h2-8,10,18H,9H2,1H3,(H,23,24). The molecular weight excluding hydrogens is 419 g/mol. The van der Waals surface area contributed by atoms with Crippen LogP contribution in [-0.2, 0) is 14.3 Å². The number of amides is 1. The van der Waals surface area contributed by atoms with E-state index in [1.165, 1.54) is 49.4 Å². The van der Waals surface area contributed by atoms with Gasteiger partial charge in [-0.15, -0.1) is 0 Å². The predicted octanol–water partition coefficient (Wildman–Crippen LogP) is 4.54. The molecule has 28 heavy (non-hydrogen) atoms. The van der Waals surface area contributed by atoms with Crippen molar-refractivity contribution < 1.29 is 32.6 Å². The van der Waals surface area contributed by atoms with Crippen LogP contribution in [0.1, 0.15) is 6.92 Å². The highest BCUT2D eigenvalue weighted by molar-refractivity contribution is 6.35. The van der Waals surface area contributed by atoms with Crippen molar-refractivity contribution in [3.8, 4) is 11.5 Å². The Labute approximate surface area is 169 Å². The van der Waals surface area contributed by atoms with Crippen LogP contribution in [0.15, 0.2) is 42.5 Å². The number of para-hydroxylation sites is 2. The molecule has 150 valence electrons. The topological polar surface area (TPSA) is 73.9 Å². The lowest BCUT2D eigenvalue weighted by atomic mass is 10.3. The van der Waals surface area contributed by atoms with Crippen molar-refractivity contribution >= 4 is 40.8 Å². The first-order chi connectivity index (χ1) is 13.3. The normalized spacial score (nSPS) is 11.6. The molecule has 2 rings (SSSR count). The van der Waals surface area contributed by atoms with Gasteiger partial charge in [0, 0.05) is 5.02 Å². The van der Waals surface area contributed by atoms with E-state index < -0.39 is 31.2 Å². The predicted molar refractivity (Wildman–Crippen MR) is 99.2 cm³/mol. The molecule has 0 saturated heterocycles. The number of esters is 1. The van der Waals surface area contributed by atoms with Crippen molar-refractivity contribution in [2.24, 2.45) is 0 Å². The lowest BCUT2D eigenvalue weighted by Gasteiger charge is -2.15. The molecule has 0 bridgehead atoms. The van der Waals surface area contributed by atoms with Crippen LogP contribution in [0.3, 0.4) is 0 Å². The minimum Gasteiger partial charge on any atom is -0.477 e. The van der Waals surface area contributed by atoms with E-state index in [0.717, 1.165) is 0 Å². The average molecular weight is 434 g/mol. The molecule has 0 aromatic heterocycles. The van der Waals surface area contributed by atoms with Crippen LogP contribution in [0.25, 0.3) is 0 Å². The summed E-state index contributed by atoms with van der Waals surface area (Å²) in [5.74, 6) is -1.56. The Morgan fingerprint density at radius 1 is 1.07 bits per heavy atom. The third kappa shape index (κ3) is 6.54. The summed E-state index contributed by atoms with van der Waals surface area (Å²) in [7, 11) is 0. The highest BCUT2D eigenvalue weighted by Gasteiger charge is 2.20. The minimum atomic E-state index is -3.05. The lowest BCUT2D eigenvalue weighted by Crippen LogP contribution is -2.30. The van der Waals surface area contributed by atoms with Gasteiger partial charge in [0.1, 0.15) is 11.5 Å². The zero-order valence-corrected chi connectivity index (χ0v) is 16.0. The Balaban J connectivity index is 1.87. The zero-order valence-electron chi connectivity index (χ0n) is 14.5. The molecule has 0 aliphatic rings. The van der Waals surface area contributed by atoms with Gasteiger partial charge in [-0.3, -0.25) is 4.79 Å². The summed E-state index contributed by atoms with van der Waals surface area (Å²) < 4.78 is 39.3.